The number of hydrogen-bond acceptors (Lipinski definition) is 9. The number of aliphatic hydroxyl groups excluding tert-OH is 2. The van der Waals surface area contributed by atoms with Crippen LogP contribution < -0.4 is 0 Å². The van der Waals surface area contributed by atoms with Gasteiger partial charge in [0.1, 0.15) is 5.52 Å². The normalized spacial score (nSPS) is 16.3. The monoisotopic (exact) mass is 530 g/mol. The first kappa shape index (κ1) is 26.6. The van der Waals surface area contributed by atoms with Crippen LogP contribution in [0.2, 0.25) is 0 Å². The predicted octanol–water partition coefficient (Wildman–Crippen LogP) is 2.60. The number of carbonyl (C=O) groups is 1. The van der Waals surface area contributed by atoms with Gasteiger partial charge in [-0.2, -0.15) is 12.7 Å². The number of aromatic nitrogens is 3. The maximum absolute atomic E-state index is 12.6. The summed E-state index contributed by atoms with van der Waals surface area (Å²) in [4.78, 5) is 12.6. The molecule has 0 bridgehead atoms. The van der Waals surface area contributed by atoms with E-state index in [9.17, 15) is 23.4 Å². The summed E-state index contributed by atoms with van der Waals surface area (Å²) in [5.74, 6) is -1.38. The van der Waals surface area contributed by atoms with Gasteiger partial charge in [0.25, 0.3) is 5.95 Å². The van der Waals surface area contributed by atoms with Gasteiger partial charge < -0.3 is 19.1 Å². The van der Waals surface area contributed by atoms with Crippen molar-refractivity contribution in [3.8, 4) is 0 Å². The van der Waals surface area contributed by atoms with E-state index in [4.69, 9.17) is 4.74 Å². The Morgan fingerprint density at radius 2 is 2.03 bits per heavy atom. The van der Waals surface area contributed by atoms with Crippen LogP contribution in [0.25, 0.3) is 11.0 Å². The van der Waals surface area contributed by atoms with Gasteiger partial charge in [-0.05, 0) is 54.7 Å². The first-order valence-electron chi connectivity index (χ1n) is 11.9. The Hall–Kier alpha value is -3.48. The Morgan fingerprint density at radius 1 is 1.24 bits per heavy atom. The van der Waals surface area contributed by atoms with E-state index in [0.29, 0.717) is 12.1 Å². The summed E-state index contributed by atoms with van der Waals surface area (Å²) in [6.07, 6.45) is 1.36. The molecule has 1 aromatic heterocycles. The molecule has 1 atom stereocenters. The van der Waals surface area contributed by atoms with E-state index < -0.39 is 16.2 Å². The zero-order chi connectivity index (χ0) is 26.7. The van der Waals surface area contributed by atoms with Crippen molar-refractivity contribution >= 4 is 27.3 Å². The van der Waals surface area contributed by atoms with Crippen molar-refractivity contribution in [2.24, 2.45) is 0 Å². The largest absolute Gasteiger partial charge is 0.480 e. The number of nitrogens with zero attached hydrogens (tertiary/aromatic N) is 4. The second-order valence-electron chi connectivity index (χ2n) is 8.81. The average Bonchev–Trinajstić information content (AvgIpc) is 3.25. The second-order valence-corrected chi connectivity index (χ2v) is 10.3. The van der Waals surface area contributed by atoms with Crippen LogP contribution in [-0.4, -0.2) is 63.7 Å². The third-order valence-corrected chi connectivity index (χ3v) is 7.74. The van der Waals surface area contributed by atoms with Crippen LogP contribution in [0.5, 0.6) is 0 Å². The van der Waals surface area contributed by atoms with E-state index in [1.54, 1.807) is 11.6 Å². The lowest BCUT2D eigenvalue weighted by Crippen LogP contribution is -2.35. The second kappa shape index (κ2) is 10.9. The van der Waals surface area contributed by atoms with Crippen LogP contribution in [-0.2, 0) is 37.1 Å². The molecule has 198 valence electrons. The fraction of sp³-hybridized carbons (Fsp3) is 0.400. The van der Waals surface area contributed by atoms with Crippen molar-refractivity contribution in [1.82, 2.24) is 19.3 Å². The lowest BCUT2D eigenvalue weighted by atomic mass is 9.84. The molecule has 0 spiro atoms. The third-order valence-electron chi connectivity index (χ3n) is 6.44. The predicted molar refractivity (Wildman–Crippen MR) is 135 cm³/mol. The van der Waals surface area contributed by atoms with Gasteiger partial charge in [0, 0.05) is 25.1 Å². The van der Waals surface area contributed by atoms with Gasteiger partial charge in [-0.1, -0.05) is 29.5 Å². The standard InChI is InChI=1S/C25H30N4O7S/c1-4-35-24(32)14-21(20-7-8-22-25(17(20)3)26-27-29(22)11-12-30)18-6-5-16(2)19(13-18)15-28-10-9-23(31)36-37(28,33)34/h5-9,13,21,30-31H,4,10-12,14-15H2,1-3H3. The van der Waals surface area contributed by atoms with E-state index in [0.717, 1.165) is 37.6 Å². The minimum Gasteiger partial charge on any atom is -0.480 e. The summed E-state index contributed by atoms with van der Waals surface area (Å²) < 4.78 is 37.4. The Bertz CT molecular complexity index is 1450. The molecule has 0 amide bonds. The van der Waals surface area contributed by atoms with Gasteiger partial charge in [-0.25, -0.2) is 4.68 Å². The maximum Gasteiger partial charge on any atom is 0.388 e. The molecular weight excluding hydrogens is 500 g/mol. The number of benzene rings is 2. The first-order valence-corrected chi connectivity index (χ1v) is 13.3. The van der Waals surface area contributed by atoms with Crippen molar-refractivity contribution in [3.63, 3.8) is 0 Å². The highest BCUT2D eigenvalue weighted by Gasteiger charge is 2.30. The maximum atomic E-state index is 12.6. The molecule has 12 heteroatoms. The summed E-state index contributed by atoms with van der Waals surface area (Å²) in [5, 5.41) is 27.2. The van der Waals surface area contributed by atoms with Gasteiger partial charge in [-0.15, -0.1) is 5.10 Å². The molecule has 1 unspecified atom stereocenters. The lowest BCUT2D eigenvalue weighted by molar-refractivity contribution is -0.143. The smallest absolute Gasteiger partial charge is 0.388 e. The zero-order valence-corrected chi connectivity index (χ0v) is 21.7. The highest BCUT2D eigenvalue weighted by atomic mass is 32.2. The van der Waals surface area contributed by atoms with Crippen LogP contribution in [0, 0.1) is 13.8 Å². The minimum absolute atomic E-state index is 0.0244. The minimum atomic E-state index is -4.13. The summed E-state index contributed by atoms with van der Waals surface area (Å²) in [6.45, 7) is 6.06. The summed E-state index contributed by atoms with van der Waals surface area (Å²) >= 11 is 0. The molecule has 0 fully saturated rings. The fourth-order valence-corrected chi connectivity index (χ4v) is 5.44. The van der Waals surface area contributed by atoms with Gasteiger partial charge in [0.05, 0.1) is 31.7 Å². The number of aliphatic hydroxyl groups is 2. The van der Waals surface area contributed by atoms with Crippen molar-refractivity contribution in [2.45, 2.75) is 46.2 Å². The number of aryl methyl sites for hydroxylation is 2. The molecule has 11 nitrogen and oxygen atoms in total. The van der Waals surface area contributed by atoms with E-state index in [-0.39, 0.29) is 44.6 Å². The molecule has 2 N–H and O–H groups in total. The quantitative estimate of drug-likeness (QED) is 0.399. The Labute approximate surface area is 215 Å². The molecular formula is C25H30N4O7S. The summed E-state index contributed by atoms with van der Waals surface area (Å²) in [7, 11) is -4.13. The van der Waals surface area contributed by atoms with Crippen LogP contribution in [0.15, 0.2) is 42.4 Å². The highest BCUT2D eigenvalue weighted by molar-refractivity contribution is 7.84. The Morgan fingerprint density at radius 3 is 2.73 bits per heavy atom. The molecule has 0 radical (unpaired) electrons. The molecule has 0 saturated carbocycles. The van der Waals surface area contributed by atoms with Crippen molar-refractivity contribution < 1.29 is 32.3 Å². The molecule has 2 heterocycles. The number of hydrogen-bond donors (Lipinski definition) is 2. The number of rotatable bonds is 9. The summed E-state index contributed by atoms with van der Waals surface area (Å²) in [5.41, 5.74) is 5.59. The number of carbonyl (C=O) groups excluding carboxylic acids is 1. The van der Waals surface area contributed by atoms with Crippen LogP contribution in [0.3, 0.4) is 0 Å². The van der Waals surface area contributed by atoms with Crippen molar-refractivity contribution in [2.75, 3.05) is 19.8 Å². The highest BCUT2D eigenvalue weighted by Crippen LogP contribution is 2.35. The number of esters is 1. The van der Waals surface area contributed by atoms with Crippen LogP contribution >= 0.6 is 0 Å². The topological polar surface area (TPSA) is 144 Å². The van der Waals surface area contributed by atoms with E-state index >= 15 is 0 Å². The Kier molecular flexibility index (Phi) is 7.81. The number of ether oxygens (including phenoxy) is 1. The molecule has 2 aromatic carbocycles. The molecule has 1 aliphatic rings. The molecule has 1 aliphatic heterocycles. The summed E-state index contributed by atoms with van der Waals surface area (Å²) in [6, 6.07) is 9.49. The first-order chi connectivity index (χ1) is 17.6. The number of fused-ring (bicyclic) bond motifs is 1. The average molecular weight is 531 g/mol. The molecule has 0 saturated heterocycles. The van der Waals surface area contributed by atoms with Gasteiger partial charge in [-0.3, -0.25) is 4.79 Å². The van der Waals surface area contributed by atoms with Crippen molar-refractivity contribution in [3.05, 3.63) is 70.2 Å². The SMILES string of the molecule is CCOC(=O)CC(c1ccc(C)c(CN2CC=C(O)OS2(=O)=O)c1)c1ccc2c(nnn2CCO)c1C. The van der Waals surface area contributed by atoms with Gasteiger partial charge >= 0.3 is 16.3 Å². The van der Waals surface area contributed by atoms with Crippen LogP contribution in [0.4, 0.5) is 0 Å². The molecule has 37 heavy (non-hydrogen) atoms. The van der Waals surface area contributed by atoms with E-state index in [1.165, 1.54) is 6.08 Å². The molecule has 4 rings (SSSR count). The fourth-order valence-electron chi connectivity index (χ4n) is 4.49. The molecule has 3 aromatic rings. The Balaban J connectivity index is 1.75. The van der Waals surface area contributed by atoms with Crippen LogP contribution in [0.1, 0.15) is 47.1 Å². The zero-order valence-electron chi connectivity index (χ0n) is 20.9. The van der Waals surface area contributed by atoms with Gasteiger partial charge in [0.2, 0.25) is 0 Å². The molecule has 0 aliphatic carbocycles. The van der Waals surface area contributed by atoms with E-state index in [1.807, 2.05) is 44.2 Å². The van der Waals surface area contributed by atoms with Crippen molar-refractivity contribution in [1.29, 1.82) is 0 Å². The lowest BCUT2D eigenvalue weighted by Gasteiger charge is -2.25. The third kappa shape index (κ3) is 5.60. The van der Waals surface area contributed by atoms with E-state index in [2.05, 4.69) is 14.5 Å². The van der Waals surface area contributed by atoms with Gasteiger partial charge in [0.15, 0.2) is 0 Å².